The first-order valence-electron chi connectivity index (χ1n) is 7.12. The molecule has 0 aromatic heterocycles. The third-order valence-electron chi connectivity index (χ3n) is 3.84. The normalized spacial score (nSPS) is 21.3. The van der Waals surface area contributed by atoms with Crippen LogP contribution in [0.15, 0.2) is 24.3 Å². The molecule has 1 fully saturated rings. The molecule has 1 aliphatic rings. The monoisotopic (exact) mass is 277 g/mol. The Hall–Kier alpha value is -1.39. The van der Waals surface area contributed by atoms with Crippen LogP contribution in [0, 0.1) is 5.92 Å². The maximum absolute atomic E-state index is 11.4. The minimum Gasteiger partial charge on any atom is -0.469 e. The Morgan fingerprint density at radius 2 is 2.00 bits per heavy atom. The molecule has 0 heterocycles. The molecule has 0 spiro atoms. The quantitative estimate of drug-likeness (QED) is 0.774. The molecular weight excluding hydrogens is 254 g/mol. The summed E-state index contributed by atoms with van der Waals surface area (Å²) in [5, 5.41) is 3.19. The second kappa shape index (κ2) is 7.41. The number of esters is 1. The summed E-state index contributed by atoms with van der Waals surface area (Å²) < 4.78 is 10.6. The van der Waals surface area contributed by atoms with Crippen LogP contribution in [-0.2, 0) is 27.3 Å². The predicted molar refractivity (Wildman–Crippen MR) is 77.4 cm³/mol. The Labute approximate surface area is 120 Å². The molecule has 1 N–H and O–H groups in total. The molecule has 4 nitrogen and oxygen atoms in total. The molecule has 4 heteroatoms. The number of carbonyl (C=O) groups is 1. The summed E-state index contributed by atoms with van der Waals surface area (Å²) >= 11 is 0. The Bertz CT molecular complexity index is 441. The number of hydrogen-bond acceptors (Lipinski definition) is 4. The van der Waals surface area contributed by atoms with Crippen LogP contribution >= 0.6 is 0 Å². The number of nitrogens with one attached hydrogen (secondary N) is 1. The van der Waals surface area contributed by atoms with E-state index in [-0.39, 0.29) is 5.97 Å². The molecule has 0 amide bonds. The molecule has 110 valence electrons. The van der Waals surface area contributed by atoms with E-state index in [1.165, 1.54) is 7.11 Å². The molecule has 0 bridgehead atoms. The van der Waals surface area contributed by atoms with Gasteiger partial charge >= 0.3 is 5.97 Å². The number of rotatable bonds is 7. The molecule has 0 atom stereocenters. The highest BCUT2D eigenvalue weighted by Crippen LogP contribution is 2.30. The standard InChI is InChI=1S/C16H23NO3/c1-17-10-12-7-15(8-12)20-11-14-6-4-3-5-13(14)9-16(18)19-2/h3-6,12,15,17H,7-11H2,1-2H3. The zero-order valence-electron chi connectivity index (χ0n) is 12.2. The lowest BCUT2D eigenvalue weighted by atomic mass is 9.82. The van der Waals surface area contributed by atoms with E-state index >= 15 is 0 Å². The smallest absolute Gasteiger partial charge is 0.309 e. The van der Waals surface area contributed by atoms with Gasteiger partial charge in [-0.1, -0.05) is 24.3 Å². The summed E-state index contributed by atoms with van der Waals surface area (Å²) in [7, 11) is 3.40. The molecule has 0 unspecified atom stereocenters. The second-order valence-electron chi connectivity index (χ2n) is 5.35. The summed E-state index contributed by atoms with van der Waals surface area (Å²) in [6.45, 7) is 1.64. The minimum atomic E-state index is -0.213. The van der Waals surface area contributed by atoms with Crippen molar-refractivity contribution in [2.24, 2.45) is 5.92 Å². The van der Waals surface area contributed by atoms with Gasteiger partial charge in [0.15, 0.2) is 0 Å². The van der Waals surface area contributed by atoms with Crippen molar-refractivity contribution >= 4 is 5.97 Å². The van der Waals surface area contributed by atoms with Crippen LogP contribution in [-0.4, -0.2) is 32.8 Å². The lowest BCUT2D eigenvalue weighted by molar-refractivity contribution is -0.139. The first kappa shape index (κ1) is 15.0. The summed E-state index contributed by atoms with van der Waals surface area (Å²) in [5.41, 5.74) is 2.07. The Kier molecular flexibility index (Phi) is 5.56. The van der Waals surface area contributed by atoms with Gasteiger partial charge < -0.3 is 14.8 Å². The van der Waals surface area contributed by atoms with E-state index in [1.54, 1.807) is 0 Å². The van der Waals surface area contributed by atoms with Gasteiger partial charge in [0.25, 0.3) is 0 Å². The fraction of sp³-hybridized carbons (Fsp3) is 0.562. The first-order valence-corrected chi connectivity index (χ1v) is 7.12. The van der Waals surface area contributed by atoms with Gasteiger partial charge in [0.2, 0.25) is 0 Å². The summed E-state index contributed by atoms with van der Waals surface area (Å²) in [6, 6.07) is 7.89. The zero-order valence-corrected chi connectivity index (χ0v) is 12.2. The average Bonchev–Trinajstić information content (AvgIpc) is 2.42. The molecule has 2 rings (SSSR count). The predicted octanol–water partition coefficient (Wildman–Crippen LogP) is 1.92. The van der Waals surface area contributed by atoms with E-state index in [4.69, 9.17) is 9.47 Å². The Morgan fingerprint density at radius 1 is 1.30 bits per heavy atom. The lowest BCUT2D eigenvalue weighted by Gasteiger charge is -2.35. The van der Waals surface area contributed by atoms with Crippen molar-refractivity contribution in [3.63, 3.8) is 0 Å². The maximum atomic E-state index is 11.4. The van der Waals surface area contributed by atoms with E-state index in [0.717, 1.165) is 36.4 Å². The number of benzene rings is 1. The van der Waals surface area contributed by atoms with Gasteiger partial charge in [0.05, 0.1) is 26.2 Å². The summed E-state index contributed by atoms with van der Waals surface area (Å²) in [5.74, 6) is 0.533. The van der Waals surface area contributed by atoms with Crippen molar-refractivity contribution in [1.29, 1.82) is 0 Å². The Morgan fingerprint density at radius 3 is 2.65 bits per heavy atom. The van der Waals surface area contributed by atoms with Crippen molar-refractivity contribution in [3.8, 4) is 0 Å². The molecule has 1 saturated carbocycles. The lowest BCUT2D eigenvalue weighted by Crippen LogP contribution is -2.36. The molecule has 1 aromatic carbocycles. The number of ether oxygens (including phenoxy) is 2. The van der Waals surface area contributed by atoms with Gasteiger partial charge in [-0.05, 0) is 43.5 Å². The van der Waals surface area contributed by atoms with E-state index in [9.17, 15) is 4.79 Å². The van der Waals surface area contributed by atoms with E-state index in [1.807, 2.05) is 31.3 Å². The highest BCUT2D eigenvalue weighted by atomic mass is 16.5. The van der Waals surface area contributed by atoms with Gasteiger partial charge in [0.1, 0.15) is 0 Å². The van der Waals surface area contributed by atoms with E-state index in [2.05, 4.69) is 5.32 Å². The van der Waals surface area contributed by atoms with Crippen LogP contribution in [0.3, 0.4) is 0 Å². The molecule has 0 radical (unpaired) electrons. The number of hydrogen-bond donors (Lipinski definition) is 1. The van der Waals surface area contributed by atoms with Crippen molar-refractivity contribution < 1.29 is 14.3 Å². The van der Waals surface area contributed by atoms with E-state index in [0.29, 0.717) is 19.1 Å². The van der Waals surface area contributed by atoms with E-state index < -0.39 is 0 Å². The highest BCUT2D eigenvalue weighted by Gasteiger charge is 2.29. The SMILES string of the molecule is CNCC1CC(OCc2ccccc2CC(=O)OC)C1. The molecule has 1 aromatic rings. The molecule has 20 heavy (non-hydrogen) atoms. The van der Waals surface area contributed by atoms with Crippen molar-refractivity contribution in [2.75, 3.05) is 20.7 Å². The Balaban J connectivity index is 1.82. The van der Waals surface area contributed by atoms with Crippen molar-refractivity contribution in [2.45, 2.75) is 32.0 Å². The van der Waals surface area contributed by atoms with Crippen LogP contribution in [0.5, 0.6) is 0 Å². The highest BCUT2D eigenvalue weighted by molar-refractivity contribution is 5.72. The fourth-order valence-corrected chi connectivity index (χ4v) is 2.57. The maximum Gasteiger partial charge on any atom is 0.309 e. The van der Waals surface area contributed by atoms with Crippen LogP contribution in [0.4, 0.5) is 0 Å². The van der Waals surface area contributed by atoms with Crippen LogP contribution < -0.4 is 5.32 Å². The second-order valence-corrected chi connectivity index (χ2v) is 5.35. The first-order chi connectivity index (χ1) is 9.72. The molecular formula is C16H23NO3. The van der Waals surface area contributed by atoms with Crippen LogP contribution in [0.25, 0.3) is 0 Å². The zero-order chi connectivity index (χ0) is 14.4. The molecule has 0 aliphatic heterocycles. The van der Waals surface area contributed by atoms with Gasteiger partial charge in [0, 0.05) is 0 Å². The van der Waals surface area contributed by atoms with Crippen molar-refractivity contribution in [3.05, 3.63) is 35.4 Å². The number of methoxy groups -OCH3 is 1. The third kappa shape index (κ3) is 4.05. The van der Waals surface area contributed by atoms with Gasteiger partial charge in [-0.2, -0.15) is 0 Å². The third-order valence-corrected chi connectivity index (χ3v) is 3.84. The van der Waals surface area contributed by atoms with Gasteiger partial charge in [-0.15, -0.1) is 0 Å². The largest absolute Gasteiger partial charge is 0.469 e. The molecule has 0 saturated heterocycles. The fourth-order valence-electron chi connectivity index (χ4n) is 2.57. The van der Waals surface area contributed by atoms with Crippen LogP contribution in [0.1, 0.15) is 24.0 Å². The van der Waals surface area contributed by atoms with Crippen molar-refractivity contribution in [1.82, 2.24) is 5.32 Å². The van der Waals surface area contributed by atoms with Gasteiger partial charge in [-0.3, -0.25) is 4.79 Å². The average molecular weight is 277 g/mol. The van der Waals surface area contributed by atoms with Gasteiger partial charge in [-0.25, -0.2) is 0 Å². The topological polar surface area (TPSA) is 47.6 Å². The number of carbonyl (C=O) groups excluding carboxylic acids is 1. The summed E-state index contributed by atoms with van der Waals surface area (Å²) in [4.78, 5) is 11.4. The minimum absolute atomic E-state index is 0.213. The summed E-state index contributed by atoms with van der Waals surface area (Å²) in [6.07, 6.45) is 2.92. The van der Waals surface area contributed by atoms with Crippen LogP contribution in [0.2, 0.25) is 0 Å². The molecule has 1 aliphatic carbocycles.